The second-order valence-corrected chi connectivity index (χ2v) is 4.70. The Hall–Kier alpha value is -1.97. The quantitative estimate of drug-likeness (QED) is 0.903. The topological polar surface area (TPSA) is 51.5 Å². The van der Waals surface area contributed by atoms with E-state index in [0.717, 1.165) is 28.7 Å². The second kappa shape index (κ2) is 4.05. The molecule has 1 amide bonds. The molecule has 4 nitrogen and oxygen atoms in total. The zero-order valence-corrected chi connectivity index (χ0v) is 10.4. The maximum Gasteiger partial charge on any atom is 0.217 e. The van der Waals surface area contributed by atoms with Gasteiger partial charge in [-0.25, -0.2) is 0 Å². The molecule has 94 valence electrons. The molecule has 1 aliphatic rings. The number of carbonyl (C=O) groups excluding carboxylic acids is 1. The molecule has 2 atom stereocenters. The number of ether oxygens (including phenoxy) is 1. The summed E-state index contributed by atoms with van der Waals surface area (Å²) < 4.78 is 10.8. The molecule has 2 unspecified atom stereocenters. The van der Waals surface area contributed by atoms with Crippen LogP contribution in [0.2, 0.25) is 0 Å². The number of amides is 1. The third-order valence-corrected chi connectivity index (χ3v) is 3.39. The van der Waals surface area contributed by atoms with Gasteiger partial charge in [0.1, 0.15) is 11.3 Å². The lowest BCUT2D eigenvalue weighted by atomic mass is 10.1. The van der Waals surface area contributed by atoms with Crippen LogP contribution in [0, 0.1) is 0 Å². The Labute approximate surface area is 105 Å². The Balaban J connectivity index is 1.91. The van der Waals surface area contributed by atoms with Gasteiger partial charge >= 0.3 is 0 Å². The lowest BCUT2D eigenvalue weighted by Crippen LogP contribution is -2.23. The molecule has 2 aromatic rings. The minimum atomic E-state index is 0.0212. The van der Waals surface area contributed by atoms with Crippen LogP contribution in [-0.4, -0.2) is 19.1 Å². The monoisotopic (exact) mass is 245 g/mol. The number of hydrogen-bond acceptors (Lipinski definition) is 3. The van der Waals surface area contributed by atoms with Crippen LogP contribution in [0.15, 0.2) is 28.9 Å². The molecule has 4 heteroatoms. The molecule has 1 heterocycles. The van der Waals surface area contributed by atoms with Gasteiger partial charge in [0.25, 0.3) is 0 Å². The largest absolute Gasteiger partial charge is 0.497 e. The lowest BCUT2D eigenvalue weighted by Gasteiger charge is -2.01. The van der Waals surface area contributed by atoms with E-state index in [1.54, 1.807) is 20.3 Å². The van der Waals surface area contributed by atoms with E-state index in [4.69, 9.17) is 9.15 Å². The fraction of sp³-hybridized carbons (Fsp3) is 0.357. The molecule has 3 rings (SSSR count). The summed E-state index contributed by atoms with van der Waals surface area (Å²) in [6.45, 7) is 1.55. The van der Waals surface area contributed by atoms with Crippen molar-refractivity contribution in [1.29, 1.82) is 0 Å². The Morgan fingerprint density at radius 2 is 2.33 bits per heavy atom. The molecule has 1 aromatic heterocycles. The number of benzene rings is 1. The third-order valence-electron chi connectivity index (χ3n) is 3.39. The van der Waals surface area contributed by atoms with Crippen molar-refractivity contribution < 1.29 is 13.9 Å². The summed E-state index contributed by atoms with van der Waals surface area (Å²) >= 11 is 0. The highest BCUT2D eigenvalue weighted by atomic mass is 16.5. The molecule has 1 aromatic carbocycles. The van der Waals surface area contributed by atoms with Gasteiger partial charge in [-0.1, -0.05) is 0 Å². The minimum Gasteiger partial charge on any atom is -0.497 e. The predicted octanol–water partition coefficient (Wildman–Crippen LogP) is 2.43. The highest BCUT2D eigenvalue weighted by Gasteiger charge is 2.40. The van der Waals surface area contributed by atoms with E-state index in [1.807, 2.05) is 18.2 Å². The number of nitrogens with one attached hydrogen (secondary N) is 1. The molecule has 1 saturated carbocycles. The van der Waals surface area contributed by atoms with Gasteiger partial charge in [-0.05, 0) is 24.6 Å². The fourth-order valence-corrected chi connectivity index (χ4v) is 2.40. The van der Waals surface area contributed by atoms with Crippen molar-refractivity contribution in [2.45, 2.75) is 25.3 Å². The Bertz CT molecular complexity index is 602. The summed E-state index contributed by atoms with van der Waals surface area (Å²) in [6, 6.07) is 6.02. The third kappa shape index (κ3) is 1.83. The maximum atomic E-state index is 11.0. The van der Waals surface area contributed by atoms with Gasteiger partial charge in [0.15, 0.2) is 0 Å². The molecule has 18 heavy (non-hydrogen) atoms. The Morgan fingerprint density at radius 3 is 3.06 bits per heavy atom. The van der Waals surface area contributed by atoms with E-state index in [1.165, 1.54) is 0 Å². The number of furan rings is 1. The summed E-state index contributed by atoms with van der Waals surface area (Å²) in [5.41, 5.74) is 2.02. The first-order valence-corrected chi connectivity index (χ1v) is 6.01. The molecular formula is C14H15NO3. The number of carbonyl (C=O) groups is 1. The summed E-state index contributed by atoms with van der Waals surface area (Å²) in [5, 5.41) is 4.01. The first kappa shape index (κ1) is 11.1. The highest BCUT2D eigenvalue weighted by molar-refractivity contribution is 5.84. The highest BCUT2D eigenvalue weighted by Crippen LogP contribution is 2.44. The summed E-state index contributed by atoms with van der Waals surface area (Å²) in [4.78, 5) is 11.0. The molecule has 0 bridgehead atoms. The molecule has 0 aliphatic heterocycles. The average molecular weight is 245 g/mol. The molecule has 1 fully saturated rings. The first-order valence-electron chi connectivity index (χ1n) is 6.01. The molecule has 0 radical (unpaired) electrons. The van der Waals surface area contributed by atoms with Crippen LogP contribution in [-0.2, 0) is 4.79 Å². The number of methoxy groups -OCH3 is 1. The zero-order chi connectivity index (χ0) is 12.7. The van der Waals surface area contributed by atoms with Gasteiger partial charge in [-0.3, -0.25) is 4.79 Å². The van der Waals surface area contributed by atoms with Gasteiger partial charge in [0, 0.05) is 29.8 Å². The van der Waals surface area contributed by atoms with Crippen molar-refractivity contribution >= 4 is 16.9 Å². The Morgan fingerprint density at radius 1 is 1.50 bits per heavy atom. The Kier molecular flexibility index (Phi) is 2.51. The van der Waals surface area contributed by atoms with Crippen molar-refractivity contribution in [3.05, 3.63) is 30.0 Å². The van der Waals surface area contributed by atoms with Gasteiger partial charge < -0.3 is 14.5 Å². The molecule has 1 N–H and O–H groups in total. The number of hydrogen-bond donors (Lipinski definition) is 1. The standard InChI is InChI=1S/C14H15NO3/c1-8(16)15-13-6-10(13)12-7-18-14-4-3-9(17-2)5-11(12)14/h3-5,7,10,13H,6H2,1-2H3,(H,15,16). The SMILES string of the molecule is COc1ccc2occ(C3CC3NC(C)=O)c2c1. The van der Waals surface area contributed by atoms with Crippen LogP contribution in [0.3, 0.4) is 0 Å². The van der Waals surface area contributed by atoms with E-state index in [9.17, 15) is 4.79 Å². The van der Waals surface area contributed by atoms with E-state index < -0.39 is 0 Å². The van der Waals surface area contributed by atoms with Crippen LogP contribution < -0.4 is 10.1 Å². The van der Waals surface area contributed by atoms with Gasteiger partial charge in [0.05, 0.1) is 13.4 Å². The van der Waals surface area contributed by atoms with Crippen molar-refractivity contribution in [1.82, 2.24) is 5.32 Å². The summed E-state index contributed by atoms with van der Waals surface area (Å²) in [6.07, 6.45) is 2.77. The van der Waals surface area contributed by atoms with Gasteiger partial charge in [0.2, 0.25) is 5.91 Å². The van der Waals surface area contributed by atoms with Gasteiger partial charge in [-0.15, -0.1) is 0 Å². The van der Waals surface area contributed by atoms with Crippen molar-refractivity contribution in [2.75, 3.05) is 7.11 Å². The van der Waals surface area contributed by atoms with Crippen LogP contribution in [0.4, 0.5) is 0 Å². The average Bonchev–Trinajstić information content (AvgIpc) is 2.97. The maximum absolute atomic E-state index is 11.0. The molecular weight excluding hydrogens is 230 g/mol. The molecule has 1 aliphatic carbocycles. The van der Waals surface area contributed by atoms with Crippen LogP contribution in [0.25, 0.3) is 11.0 Å². The predicted molar refractivity (Wildman–Crippen MR) is 67.7 cm³/mol. The number of rotatable bonds is 3. The van der Waals surface area contributed by atoms with Gasteiger partial charge in [-0.2, -0.15) is 0 Å². The van der Waals surface area contributed by atoms with Crippen molar-refractivity contribution in [3.63, 3.8) is 0 Å². The van der Waals surface area contributed by atoms with E-state index in [2.05, 4.69) is 5.32 Å². The minimum absolute atomic E-state index is 0.0212. The first-order chi connectivity index (χ1) is 8.69. The van der Waals surface area contributed by atoms with E-state index in [-0.39, 0.29) is 11.9 Å². The van der Waals surface area contributed by atoms with E-state index in [0.29, 0.717) is 5.92 Å². The smallest absolute Gasteiger partial charge is 0.217 e. The van der Waals surface area contributed by atoms with Crippen molar-refractivity contribution in [3.8, 4) is 5.75 Å². The lowest BCUT2D eigenvalue weighted by molar-refractivity contribution is -0.119. The fourth-order valence-electron chi connectivity index (χ4n) is 2.40. The summed E-state index contributed by atoms with van der Waals surface area (Å²) in [7, 11) is 1.65. The van der Waals surface area contributed by atoms with E-state index >= 15 is 0 Å². The normalized spacial score (nSPS) is 21.9. The second-order valence-electron chi connectivity index (χ2n) is 4.70. The van der Waals surface area contributed by atoms with Crippen LogP contribution in [0.1, 0.15) is 24.8 Å². The van der Waals surface area contributed by atoms with Crippen LogP contribution >= 0.6 is 0 Å². The molecule has 0 spiro atoms. The summed E-state index contributed by atoms with van der Waals surface area (Å²) in [5.74, 6) is 1.21. The molecule has 0 saturated heterocycles. The zero-order valence-electron chi connectivity index (χ0n) is 10.4. The van der Waals surface area contributed by atoms with Crippen LogP contribution in [0.5, 0.6) is 5.75 Å². The van der Waals surface area contributed by atoms with Crippen molar-refractivity contribution in [2.24, 2.45) is 0 Å². The number of fused-ring (bicyclic) bond motifs is 1.